The van der Waals surface area contributed by atoms with Crippen LogP contribution in [-0.4, -0.2) is 31.9 Å². The maximum atomic E-state index is 9.99. The zero-order valence-electron chi connectivity index (χ0n) is 10.1. The lowest BCUT2D eigenvalue weighted by Crippen LogP contribution is -2.12. The number of aliphatic hydroxyl groups is 1. The van der Waals surface area contributed by atoms with Crippen molar-refractivity contribution < 1.29 is 14.6 Å². The lowest BCUT2D eigenvalue weighted by Gasteiger charge is -2.13. The fourth-order valence-corrected chi connectivity index (χ4v) is 1.83. The van der Waals surface area contributed by atoms with E-state index in [-0.39, 0.29) is 0 Å². The summed E-state index contributed by atoms with van der Waals surface area (Å²) in [7, 11) is 1.88. The number of hydrogen-bond acceptors (Lipinski definition) is 4. The van der Waals surface area contributed by atoms with Gasteiger partial charge in [-0.05, 0) is 37.7 Å². The van der Waals surface area contributed by atoms with Crippen LogP contribution in [0.5, 0.6) is 11.5 Å². The molecule has 2 rings (SSSR count). The average molecular weight is 237 g/mol. The second kappa shape index (κ2) is 5.89. The van der Waals surface area contributed by atoms with Gasteiger partial charge in [0, 0.05) is 6.42 Å². The molecule has 94 valence electrons. The molecule has 0 radical (unpaired) electrons. The van der Waals surface area contributed by atoms with E-state index in [0.29, 0.717) is 19.6 Å². The summed E-state index contributed by atoms with van der Waals surface area (Å²) in [6.07, 6.45) is 1.13. The van der Waals surface area contributed by atoms with Gasteiger partial charge in [0.15, 0.2) is 11.5 Å². The smallest absolute Gasteiger partial charge is 0.161 e. The van der Waals surface area contributed by atoms with Crippen LogP contribution < -0.4 is 14.8 Å². The molecule has 2 N–H and O–H groups in total. The molecule has 1 aliphatic rings. The second-order valence-electron chi connectivity index (χ2n) is 4.16. The van der Waals surface area contributed by atoms with E-state index in [1.807, 2.05) is 25.2 Å². The monoisotopic (exact) mass is 237 g/mol. The number of ether oxygens (including phenoxy) is 2. The average Bonchev–Trinajstić information content (AvgIpc) is 2.60. The molecule has 0 amide bonds. The summed E-state index contributed by atoms with van der Waals surface area (Å²) in [4.78, 5) is 0. The third-order valence-electron chi connectivity index (χ3n) is 2.82. The van der Waals surface area contributed by atoms with E-state index < -0.39 is 6.10 Å². The zero-order chi connectivity index (χ0) is 12.1. The van der Waals surface area contributed by atoms with Crippen molar-refractivity contribution in [3.8, 4) is 11.5 Å². The minimum atomic E-state index is -0.459. The Balaban J connectivity index is 2.11. The van der Waals surface area contributed by atoms with E-state index >= 15 is 0 Å². The molecule has 1 heterocycles. The maximum absolute atomic E-state index is 9.99. The molecule has 0 spiro atoms. The third-order valence-corrected chi connectivity index (χ3v) is 2.82. The van der Waals surface area contributed by atoms with E-state index in [1.165, 1.54) is 0 Å². The molecule has 1 aliphatic heterocycles. The Bertz CT molecular complexity index is 368. The van der Waals surface area contributed by atoms with Gasteiger partial charge in [0.1, 0.15) is 0 Å². The highest BCUT2D eigenvalue weighted by molar-refractivity contribution is 5.44. The molecular formula is C13H19NO3. The summed E-state index contributed by atoms with van der Waals surface area (Å²) in [6, 6.07) is 5.65. The zero-order valence-corrected chi connectivity index (χ0v) is 10.1. The first kappa shape index (κ1) is 12.2. The molecule has 0 aliphatic carbocycles. The largest absolute Gasteiger partial charge is 0.490 e. The summed E-state index contributed by atoms with van der Waals surface area (Å²) < 4.78 is 11.1. The van der Waals surface area contributed by atoms with Crippen LogP contribution in [0.2, 0.25) is 0 Å². The number of nitrogens with one attached hydrogen (secondary N) is 1. The van der Waals surface area contributed by atoms with Gasteiger partial charge in [-0.3, -0.25) is 0 Å². The summed E-state index contributed by atoms with van der Waals surface area (Å²) in [6.45, 7) is 2.15. The van der Waals surface area contributed by atoms with Gasteiger partial charge in [-0.15, -0.1) is 0 Å². The van der Waals surface area contributed by atoms with Crippen LogP contribution in [0.4, 0.5) is 0 Å². The highest BCUT2D eigenvalue weighted by atomic mass is 16.5. The van der Waals surface area contributed by atoms with Crippen molar-refractivity contribution in [2.45, 2.75) is 18.9 Å². The van der Waals surface area contributed by atoms with Gasteiger partial charge in [0.05, 0.1) is 19.3 Å². The minimum Gasteiger partial charge on any atom is -0.490 e. The number of benzene rings is 1. The normalized spacial score (nSPS) is 16.4. The fraction of sp³-hybridized carbons (Fsp3) is 0.538. The predicted octanol–water partition coefficient (Wildman–Crippen LogP) is 1.49. The molecule has 0 saturated heterocycles. The van der Waals surface area contributed by atoms with Crippen LogP contribution in [0.25, 0.3) is 0 Å². The Morgan fingerprint density at radius 3 is 2.82 bits per heavy atom. The van der Waals surface area contributed by atoms with Crippen LogP contribution in [0.15, 0.2) is 18.2 Å². The van der Waals surface area contributed by atoms with Gasteiger partial charge in [-0.1, -0.05) is 6.07 Å². The molecule has 0 bridgehead atoms. The Hall–Kier alpha value is -1.26. The van der Waals surface area contributed by atoms with Crippen LogP contribution in [0.3, 0.4) is 0 Å². The predicted molar refractivity (Wildman–Crippen MR) is 65.6 cm³/mol. The van der Waals surface area contributed by atoms with Crippen molar-refractivity contribution in [1.82, 2.24) is 5.32 Å². The summed E-state index contributed by atoms with van der Waals surface area (Å²) >= 11 is 0. The topological polar surface area (TPSA) is 50.7 Å². The summed E-state index contributed by atoms with van der Waals surface area (Å²) in [5.74, 6) is 1.51. The van der Waals surface area contributed by atoms with Crippen LogP contribution in [-0.2, 0) is 0 Å². The van der Waals surface area contributed by atoms with Crippen LogP contribution >= 0.6 is 0 Å². The molecule has 1 unspecified atom stereocenters. The van der Waals surface area contributed by atoms with Gasteiger partial charge in [0.25, 0.3) is 0 Å². The quantitative estimate of drug-likeness (QED) is 0.833. The van der Waals surface area contributed by atoms with Crippen molar-refractivity contribution in [3.63, 3.8) is 0 Å². The highest BCUT2D eigenvalue weighted by Crippen LogP contribution is 2.32. The molecule has 4 heteroatoms. The first-order valence-corrected chi connectivity index (χ1v) is 6.03. The summed E-state index contributed by atoms with van der Waals surface area (Å²) in [5.41, 5.74) is 0.879. The van der Waals surface area contributed by atoms with Crippen molar-refractivity contribution in [2.75, 3.05) is 26.8 Å². The minimum absolute atomic E-state index is 0.459. The van der Waals surface area contributed by atoms with Crippen molar-refractivity contribution in [2.24, 2.45) is 0 Å². The second-order valence-corrected chi connectivity index (χ2v) is 4.16. The van der Waals surface area contributed by atoms with E-state index in [4.69, 9.17) is 9.47 Å². The molecular weight excluding hydrogens is 218 g/mol. The van der Waals surface area contributed by atoms with Crippen molar-refractivity contribution in [1.29, 1.82) is 0 Å². The van der Waals surface area contributed by atoms with E-state index in [0.717, 1.165) is 30.0 Å². The van der Waals surface area contributed by atoms with E-state index in [1.54, 1.807) is 0 Å². The first-order chi connectivity index (χ1) is 8.31. The van der Waals surface area contributed by atoms with Gasteiger partial charge in [-0.25, -0.2) is 0 Å². The fourth-order valence-electron chi connectivity index (χ4n) is 1.83. The molecule has 0 aromatic heterocycles. The van der Waals surface area contributed by atoms with Crippen LogP contribution in [0, 0.1) is 0 Å². The molecule has 4 nitrogen and oxygen atoms in total. The van der Waals surface area contributed by atoms with Gasteiger partial charge in [0.2, 0.25) is 0 Å². The van der Waals surface area contributed by atoms with Gasteiger partial charge in [-0.2, -0.15) is 0 Å². The Morgan fingerprint density at radius 1 is 1.29 bits per heavy atom. The van der Waals surface area contributed by atoms with Crippen molar-refractivity contribution >= 4 is 0 Å². The Kier molecular flexibility index (Phi) is 4.23. The molecule has 17 heavy (non-hydrogen) atoms. The number of hydrogen-bond donors (Lipinski definition) is 2. The van der Waals surface area contributed by atoms with Gasteiger partial charge < -0.3 is 19.9 Å². The van der Waals surface area contributed by atoms with Crippen LogP contribution in [0.1, 0.15) is 24.5 Å². The lowest BCUT2D eigenvalue weighted by molar-refractivity contribution is 0.167. The summed E-state index contributed by atoms with van der Waals surface area (Å²) in [5, 5.41) is 13.0. The number of aliphatic hydroxyl groups excluding tert-OH is 1. The third kappa shape index (κ3) is 3.11. The van der Waals surface area contributed by atoms with E-state index in [9.17, 15) is 5.11 Å². The van der Waals surface area contributed by atoms with E-state index in [2.05, 4.69) is 5.32 Å². The standard InChI is InChI=1S/C13H19NO3/c1-14-6-5-11(15)10-3-4-12-13(9-10)17-8-2-7-16-12/h3-4,9,11,14-15H,2,5-8H2,1H3. The first-order valence-electron chi connectivity index (χ1n) is 6.03. The van der Waals surface area contributed by atoms with Gasteiger partial charge >= 0.3 is 0 Å². The van der Waals surface area contributed by atoms with Crippen molar-refractivity contribution in [3.05, 3.63) is 23.8 Å². The Morgan fingerprint density at radius 2 is 2.06 bits per heavy atom. The molecule has 1 atom stereocenters. The Labute approximate surface area is 102 Å². The molecule has 0 saturated carbocycles. The maximum Gasteiger partial charge on any atom is 0.161 e. The molecule has 1 aromatic carbocycles. The SMILES string of the molecule is CNCCC(O)c1ccc2c(c1)OCCCO2. The molecule has 1 aromatic rings. The number of fused-ring (bicyclic) bond motifs is 1. The lowest BCUT2D eigenvalue weighted by atomic mass is 10.1. The highest BCUT2D eigenvalue weighted by Gasteiger charge is 2.14. The number of rotatable bonds is 4. The molecule has 0 fully saturated rings.